The molecule has 178 valence electrons. The highest BCUT2D eigenvalue weighted by Gasteiger charge is 2.30. The van der Waals surface area contributed by atoms with Crippen molar-refractivity contribution >= 4 is 11.8 Å². The number of halogens is 4. The van der Waals surface area contributed by atoms with Crippen LogP contribution in [0.4, 0.5) is 17.6 Å². The number of aromatic nitrogens is 4. The minimum absolute atomic E-state index is 0.0259. The van der Waals surface area contributed by atoms with Crippen LogP contribution in [-0.4, -0.2) is 51.6 Å². The fourth-order valence-electron chi connectivity index (χ4n) is 2.46. The van der Waals surface area contributed by atoms with Crippen molar-refractivity contribution < 1.29 is 27.2 Å². The number of carbonyl (C=O) groups is 2. The Labute approximate surface area is 185 Å². The molecular formula is C18H21F4N9O2. The standard InChI is InChI=1S/C18H21F4N9O2/c1-24-16(32)15-10-31(30-29-15)5-3-12(19)7-25-9-14(28-23)17(33)27-8-13-6-11(2-4-26-13)18(20,21)22/h2,4,6,9-10,12,23,25H,3,5,7-8H2,1H3,(H,24,32)(H,27,33)/b14-9-,28-23?. The van der Waals surface area contributed by atoms with Crippen LogP contribution < -0.4 is 16.0 Å². The molecule has 2 aromatic rings. The third kappa shape index (κ3) is 7.93. The number of pyridine rings is 1. The number of nitrogens with zero attached hydrogens (tertiary/aromatic N) is 5. The molecule has 0 bridgehead atoms. The molecule has 0 saturated heterocycles. The number of rotatable bonds is 11. The molecular weight excluding hydrogens is 450 g/mol. The summed E-state index contributed by atoms with van der Waals surface area (Å²) in [7, 11) is 1.44. The van der Waals surface area contributed by atoms with E-state index in [1.807, 2.05) is 0 Å². The lowest BCUT2D eigenvalue weighted by Gasteiger charge is -2.10. The van der Waals surface area contributed by atoms with Crippen LogP contribution in [0.25, 0.3) is 0 Å². The van der Waals surface area contributed by atoms with Crippen molar-refractivity contribution in [3.63, 3.8) is 0 Å². The van der Waals surface area contributed by atoms with Gasteiger partial charge in [-0.1, -0.05) is 5.21 Å². The molecule has 2 rings (SSSR count). The lowest BCUT2D eigenvalue weighted by Crippen LogP contribution is -2.27. The van der Waals surface area contributed by atoms with E-state index in [9.17, 15) is 27.2 Å². The Morgan fingerprint density at radius 2 is 2.12 bits per heavy atom. The lowest BCUT2D eigenvalue weighted by molar-refractivity contribution is -0.137. The summed E-state index contributed by atoms with van der Waals surface area (Å²) >= 11 is 0. The van der Waals surface area contributed by atoms with Crippen molar-refractivity contribution in [3.05, 3.63) is 53.4 Å². The summed E-state index contributed by atoms with van der Waals surface area (Å²) < 4.78 is 53.6. The smallest absolute Gasteiger partial charge is 0.386 e. The van der Waals surface area contributed by atoms with E-state index in [0.717, 1.165) is 24.5 Å². The van der Waals surface area contributed by atoms with Crippen LogP contribution in [0.1, 0.15) is 28.2 Å². The van der Waals surface area contributed by atoms with Crippen molar-refractivity contribution in [3.8, 4) is 0 Å². The highest BCUT2D eigenvalue weighted by molar-refractivity contribution is 5.92. The molecule has 2 aromatic heterocycles. The van der Waals surface area contributed by atoms with Crippen LogP contribution in [0.5, 0.6) is 0 Å². The van der Waals surface area contributed by atoms with Crippen molar-refractivity contribution in [1.29, 1.82) is 5.53 Å². The van der Waals surface area contributed by atoms with Crippen molar-refractivity contribution in [2.45, 2.75) is 31.9 Å². The molecule has 0 aliphatic heterocycles. The molecule has 2 heterocycles. The Balaban J connectivity index is 1.80. The number of hydrogen-bond donors (Lipinski definition) is 4. The molecule has 1 unspecified atom stereocenters. The SMILES string of the molecule is CNC(=O)c1cn(CCC(F)CN/C=C(\N=N)C(=O)NCc2cc(C(F)(F)F)ccn2)nn1. The monoisotopic (exact) mass is 471 g/mol. The fraction of sp³-hybridized carbons (Fsp3) is 0.389. The van der Waals surface area contributed by atoms with Crippen LogP contribution in [0.3, 0.4) is 0 Å². The largest absolute Gasteiger partial charge is 0.416 e. The number of carbonyl (C=O) groups excluding carboxylic acids is 2. The quantitative estimate of drug-likeness (QED) is 0.222. The minimum Gasteiger partial charge on any atom is -0.386 e. The second-order valence-corrected chi connectivity index (χ2v) is 6.60. The Hall–Kier alpha value is -3.91. The van der Waals surface area contributed by atoms with Crippen LogP contribution in [0.2, 0.25) is 0 Å². The summed E-state index contributed by atoms with van der Waals surface area (Å²) in [6.07, 6.45) is -2.52. The number of hydrogen-bond acceptors (Lipinski definition) is 8. The highest BCUT2D eigenvalue weighted by atomic mass is 19.4. The Morgan fingerprint density at radius 1 is 1.36 bits per heavy atom. The zero-order valence-corrected chi connectivity index (χ0v) is 17.4. The summed E-state index contributed by atoms with van der Waals surface area (Å²) in [5.41, 5.74) is 5.82. The molecule has 0 fully saturated rings. The molecule has 1 atom stereocenters. The first-order chi connectivity index (χ1) is 15.6. The van der Waals surface area contributed by atoms with Gasteiger partial charge in [0.1, 0.15) is 6.17 Å². The highest BCUT2D eigenvalue weighted by Crippen LogP contribution is 2.28. The summed E-state index contributed by atoms with van der Waals surface area (Å²) in [6, 6.07) is 1.59. The summed E-state index contributed by atoms with van der Waals surface area (Å²) in [4.78, 5) is 27.2. The number of amides is 2. The van der Waals surface area contributed by atoms with Gasteiger partial charge in [0, 0.05) is 32.5 Å². The average Bonchev–Trinajstić information content (AvgIpc) is 3.27. The van der Waals surface area contributed by atoms with E-state index < -0.39 is 35.4 Å². The van der Waals surface area contributed by atoms with Crippen LogP contribution in [0.15, 0.2) is 41.5 Å². The minimum atomic E-state index is -4.55. The molecule has 4 N–H and O–H groups in total. The van der Waals surface area contributed by atoms with Gasteiger partial charge in [-0.3, -0.25) is 19.3 Å². The molecule has 0 radical (unpaired) electrons. The van der Waals surface area contributed by atoms with E-state index in [4.69, 9.17) is 5.53 Å². The van der Waals surface area contributed by atoms with Gasteiger partial charge >= 0.3 is 6.18 Å². The molecule has 33 heavy (non-hydrogen) atoms. The van der Waals surface area contributed by atoms with E-state index in [0.29, 0.717) is 0 Å². The van der Waals surface area contributed by atoms with Crippen molar-refractivity contribution in [1.82, 2.24) is 35.9 Å². The third-order valence-corrected chi connectivity index (χ3v) is 4.17. The van der Waals surface area contributed by atoms with E-state index in [-0.39, 0.29) is 37.4 Å². The van der Waals surface area contributed by atoms with E-state index >= 15 is 0 Å². The van der Waals surface area contributed by atoms with Gasteiger partial charge in [-0.05, 0) is 18.6 Å². The Morgan fingerprint density at radius 3 is 2.79 bits per heavy atom. The maximum absolute atomic E-state index is 14.1. The molecule has 15 heteroatoms. The fourth-order valence-corrected chi connectivity index (χ4v) is 2.46. The van der Waals surface area contributed by atoms with Gasteiger partial charge in [0.25, 0.3) is 11.8 Å². The Bertz CT molecular complexity index is 1010. The Kier molecular flexibility index (Phi) is 8.94. The average molecular weight is 471 g/mol. The van der Waals surface area contributed by atoms with Crippen molar-refractivity contribution in [2.24, 2.45) is 5.11 Å². The van der Waals surface area contributed by atoms with Gasteiger partial charge < -0.3 is 16.0 Å². The summed E-state index contributed by atoms with van der Waals surface area (Å²) in [5.74, 6) is -1.27. The number of alkyl halides is 4. The maximum atomic E-state index is 14.1. The van der Waals surface area contributed by atoms with Gasteiger partial charge in [0.15, 0.2) is 11.4 Å². The van der Waals surface area contributed by atoms with E-state index in [1.165, 1.54) is 17.9 Å². The molecule has 2 amide bonds. The van der Waals surface area contributed by atoms with E-state index in [2.05, 4.69) is 36.4 Å². The topological polar surface area (TPSA) is 150 Å². The third-order valence-electron chi connectivity index (χ3n) is 4.17. The molecule has 0 aliphatic carbocycles. The molecule has 0 saturated carbocycles. The summed E-state index contributed by atoms with van der Waals surface area (Å²) in [6.45, 7) is -0.382. The van der Waals surface area contributed by atoms with E-state index in [1.54, 1.807) is 0 Å². The van der Waals surface area contributed by atoms with Crippen LogP contribution in [0, 0.1) is 5.53 Å². The van der Waals surface area contributed by atoms with Gasteiger partial charge in [-0.25, -0.2) is 9.92 Å². The van der Waals surface area contributed by atoms with Crippen molar-refractivity contribution in [2.75, 3.05) is 13.6 Å². The number of aryl methyl sites for hydroxylation is 1. The molecule has 11 nitrogen and oxygen atoms in total. The zero-order valence-electron chi connectivity index (χ0n) is 17.4. The zero-order chi connectivity index (χ0) is 24.4. The first-order valence-electron chi connectivity index (χ1n) is 9.51. The van der Waals surface area contributed by atoms with Gasteiger partial charge in [-0.15, -0.1) is 5.10 Å². The van der Waals surface area contributed by atoms with Gasteiger partial charge in [-0.2, -0.15) is 18.3 Å². The normalized spacial score (nSPS) is 12.7. The number of nitrogens with one attached hydrogen (secondary N) is 4. The first-order valence-corrected chi connectivity index (χ1v) is 9.51. The molecule has 0 aliphatic rings. The summed E-state index contributed by atoms with van der Waals surface area (Å²) in [5, 5.41) is 17.6. The van der Waals surface area contributed by atoms with Gasteiger partial charge in [0.2, 0.25) is 0 Å². The lowest BCUT2D eigenvalue weighted by atomic mass is 10.2. The molecule has 0 spiro atoms. The maximum Gasteiger partial charge on any atom is 0.416 e. The predicted octanol–water partition coefficient (Wildman–Crippen LogP) is 1.56. The predicted molar refractivity (Wildman–Crippen MR) is 105 cm³/mol. The van der Waals surface area contributed by atoms with Gasteiger partial charge in [0.05, 0.1) is 24.0 Å². The second kappa shape index (κ2) is 11.6. The van der Waals surface area contributed by atoms with Crippen LogP contribution in [-0.2, 0) is 24.1 Å². The van der Waals surface area contributed by atoms with Crippen LogP contribution >= 0.6 is 0 Å². The second-order valence-electron chi connectivity index (χ2n) is 6.60. The molecule has 0 aromatic carbocycles. The first kappa shape index (κ1) is 25.4.